The van der Waals surface area contributed by atoms with Crippen LogP contribution in [0.5, 0.6) is 0 Å². The molecule has 1 aromatic carbocycles. The monoisotopic (exact) mass is 328 g/mol. The van der Waals surface area contributed by atoms with Crippen LogP contribution in [0.1, 0.15) is 6.42 Å². The van der Waals surface area contributed by atoms with Crippen molar-refractivity contribution in [3.63, 3.8) is 0 Å². The Morgan fingerprint density at radius 2 is 2.10 bits per heavy atom. The summed E-state index contributed by atoms with van der Waals surface area (Å²) in [5.41, 5.74) is 0.228. The highest BCUT2D eigenvalue weighted by atomic mass is 35.5. The highest BCUT2D eigenvalue weighted by Crippen LogP contribution is 2.29. The number of hydrogen-bond donors (Lipinski definition) is 2. The fourth-order valence-electron chi connectivity index (χ4n) is 1.33. The molecule has 0 aliphatic carbocycles. The second-order valence-corrected chi connectivity index (χ2v) is 4.81. The molecule has 0 unspecified atom stereocenters. The first-order valence-electron chi connectivity index (χ1n) is 5.68. The number of anilines is 1. The number of amides is 1. The van der Waals surface area contributed by atoms with Gasteiger partial charge < -0.3 is 10.6 Å². The standard InChI is InChI=1S/C12H15F3N2OS.ClH/c1-16-5-4-12(18)17-9-6-8(13)2-3-10(9)19-7-11(14)15;/h2-3,6,11,16H,4-5,7H2,1H3,(H,17,18);1H. The summed E-state index contributed by atoms with van der Waals surface area (Å²) < 4.78 is 37.5. The topological polar surface area (TPSA) is 41.1 Å². The van der Waals surface area contributed by atoms with Crippen molar-refractivity contribution in [3.8, 4) is 0 Å². The Hall–Kier alpha value is -0.920. The molecular weight excluding hydrogens is 313 g/mol. The fraction of sp³-hybridized carbons (Fsp3) is 0.417. The summed E-state index contributed by atoms with van der Waals surface area (Å²) in [5.74, 6) is -1.21. The van der Waals surface area contributed by atoms with E-state index in [-0.39, 0.29) is 30.4 Å². The molecule has 1 amide bonds. The second kappa shape index (κ2) is 9.90. The quantitative estimate of drug-likeness (QED) is 0.755. The van der Waals surface area contributed by atoms with E-state index in [0.29, 0.717) is 11.4 Å². The van der Waals surface area contributed by atoms with Crippen molar-refractivity contribution in [3.05, 3.63) is 24.0 Å². The van der Waals surface area contributed by atoms with E-state index in [9.17, 15) is 18.0 Å². The largest absolute Gasteiger partial charge is 0.325 e. The molecule has 0 aliphatic rings. The lowest BCUT2D eigenvalue weighted by molar-refractivity contribution is -0.116. The SMILES string of the molecule is CNCCC(=O)Nc1cc(F)ccc1SCC(F)F.Cl. The van der Waals surface area contributed by atoms with Crippen LogP contribution in [0, 0.1) is 5.82 Å². The summed E-state index contributed by atoms with van der Waals surface area (Å²) in [7, 11) is 1.71. The molecule has 0 aliphatic heterocycles. The van der Waals surface area contributed by atoms with Gasteiger partial charge >= 0.3 is 0 Å². The van der Waals surface area contributed by atoms with Crippen LogP contribution >= 0.6 is 24.2 Å². The van der Waals surface area contributed by atoms with Gasteiger partial charge in [0.25, 0.3) is 0 Å². The molecule has 2 N–H and O–H groups in total. The van der Waals surface area contributed by atoms with Gasteiger partial charge in [-0.15, -0.1) is 24.2 Å². The molecule has 1 rings (SSSR count). The molecule has 0 saturated carbocycles. The zero-order valence-electron chi connectivity index (χ0n) is 10.8. The van der Waals surface area contributed by atoms with Gasteiger partial charge in [-0.2, -0.15) is 0 Å². The molecule has 0 bridgehead atoms. The third kappa shape index (κ3) is 7.02. The molecule has 0 aromatic heterocycles. The highest BCUT2D eigenvalue weighted by molar-refractivity contribution is 7.99. The minimum atomic E-state index is -2.46. The summed E-state index contributed by atoms with van der Waals surface area (Å²) in [4.78, 5) is 12.0. The number of benzene rings is 1. The minimum Gasteiger partial charge on any atom is -0.325 e. The Morgan fingerprint density at radius 1 is 1.40 bits per heavy atom. The summed E-state index contributed by atoms with van der Waals surface area (Å²) in [6.07, 6.45) is -2.23. The van der Waals surface area contributed by atoms with Crippen LogP contribution in [0.25, 0.3) is 0 Å². The van der Waals surface area contributed by atoms with Gasteiger partial charge in [-0.3, -0.25) is 4.79 Å². The maximum absolute atomic E-state index is 13.1. The number of nitrogens with one attached hydrogen (secondary N) is 2. The third-order valence-corrected chi connectivity index (χ3v) is 3.27. The molecule has 0 atom stereocenters. The van der Waals surface area contributed by atoms with Gasteiger partial charge in [-0.05, 0) is 25.2 Å². The Kier molecular flexibility index (Phi) is 9.45. The normalized spacial score (nSPS) is 10.2. The van der Waals surface area contributed by atoms with Gasteiger partial charge in [-0.25, -0.2) is 13.2 Å². The number of alkyl halides is 2. The fourth-order valence-corrected chi connectivity index (χ4v) is 2.07. The maximum atomic E-state index is 13.1. The first-order chi connectivity index (χ1) is 9.02. The van der Waals surface area contributed by atoms with Crippen LogP contribution in [0.3, 0.4) is 0 Å². The van der Waals surface area contributed by atoms with Crippen molar-refractivity contribution in [2.75, 3.05) is 24.7 Å². The first-order valence-corrected chi connectivity index (χ1v) is 6.66. The van der Waals surface area contributed by atoms with E-state index in [2.05, 4.69) is 10.6 Å². The Morgan fingerprint density at radius 3 is 2.70 bits per heavy atom. The molecule has 0 saturated heterocycles. The van der Waals surface area contributed by atoms with Crippen molar-refractivity contribution in [2.45, 2.75) is 17.7 Å². The number of carbonyl (C=O) groups is 1. The summed E-state index contributed by atoms with van der Waals surface area (Å²) >= 11 is 0.883. The van der Waals surface area contributed by atoms with Crippen molar-refractivity contribution >= 4 is 35.8 Å². The van der Waals surface area contributed by atoms with Gasteiger partial charge in [0.15, 0.2) is 0 Å². The third-order valence-electron chi connectivity index (χ3n) is 2.18. The van der Waals surface area contributed by atoms with E-state index >= 15 is 0 Å². The summed E-state index contributed by atoms with van der Waals surface area (Å²) in [5, 5.41) is 5.34. The molecule has 1 aromatic rings. The number of rotatable bonds is 7. The van der Waals surface area contributed by atoms with Gasteiger partial charge in [0.1, 0.15) is 5.82 Å². The van der Waals surface area contributed by atoms with Crippen molar-refractivity contribution in [1.82, 2.24) is 5.32 Å². The summed E-state index contributed by atoms with van der Waals surface area (Å²) in [6.45, 7) is 0.487. The lowest BCUT2D eigenvalue weighted by Crippen LogP contribution is -2.19. The average molecular weight is 329 g/mol. The van der Waals surface area contributed by atoms with E-state index in [1.807, 2.05) is 0 Å². The molecule has 3 nitrogen and oxygen atoms in total. The van der Waals surface area contributed by atoms with E-state index in [1.165, 1.54) is 12.1 Å². The zero-order chi connectivity index (χ0) is 14.3. The number of carbonyl (C=O) groups excluding carboxylic acids is 1. The van der Waals surface area contributed by atoms with Crippen LogP contribution in [0.2, 0.25) is 0 Å². The van der Waals surface area contributed by atoms with E-state index < -0.39 is 18.0 Å². The van der Waals surface area contributed by atoms with Crippen LogP contribution in [0.15, 0.2) is 23.1 Å². The predicted octanol–water partition coefficient (Wildman–Crippen LogP) is 3.15. The molecule has 0 heterocycles. The van der Waals surface area contributed by atoms with E-state index in [4.69, 9.17) is 0 Å². The lowest BCUT2D eigenvalue weighted by Gasteiger charge is -2.11. The van der Waals surface area contributed by atoms with Gasteiger partial charge in [0, 0.05) is 17.9 Å². The molecule has 0 spiro atoms. The first kappa shape index (κ1) is 19.1. The summed E-state index contributed by atoms with van der Waals surface area (Å²) in [6, 6.07) is 3.69. The number of thioether (sulfide) groups is 1. The molecular formula is C12H16ClF3N2OS. The molecule has 114 valence electrons. The highest BCUT2D eigenvalue weighted by Gasteiger charge is 2.11. The van der Waals surface area contributed by atoms with Gasteiger partial charge in [0.2, 0.25) is 12.3 Å². The minimum absolute atomic E-state index is 0. The molecule has 0 radical (unpaired) electrons. The van der Waals surface area contributed by atoms with Gasteiger partial charge in [-0.1, -0.05) is 0 Å². The van der Waals surface area contributed by atoms with E-state index in [0.717, 1.165) is 17.8 Å². The van der Waals surface area contributed by atoms with Crippen LogP contribution in [-0.2, 0) is 4.79 Å². The Balaban J connectivity index is 0.00000361. The van der Waals surface area contributed by atoms with E-state index in [1.54, 1.807) is 7.05 Å². The van der Waals surface area contributed by atoms with Crippen molar-refractivity contribution in [1.29, 1.82) is 0 Å². The maximum Gasteiger partial charge on any atom is 0.247 e. The predicted molar refractivity (Wildman–Crippen MR) is 77.5 cm³/mol. The van der Waals surface area contributed by atoms with Crippen LogP contribution in [0.4, 0.5) is 18.9 Å². The van der Waals surface area contributed by atoms with Crippen LogP contribution < -0.4 is 10.6 Å². The van der Waals surface area contributed by atoms with Crippen LogP contribution in [-0.4, -0.2) is 31.7 Å². The number of halogens is 4. The lowest BCUT2D eigenvalue weighted by atomic mass is 10.3. The zero-order valence-corrected chi connectivity index (χ0v) is 12.4. The molecule has 20 heavy (non-hydrogen) atoms. The Bertz CT molecular complexity index is 435. The smallest absolute Gasteiger partial charge is 0.247 e. The Labute approximate surface area is 126 Å². The number of hydrogen-bond acceptors (Lipinski definition) is 3. The van der Waals surface area contributed by atoms with Crippen molar-refractivity contribution in [2.24, 2.45) is 0 Å². The molecule has 8 heteroatoms. The van der Waals surface area contributed by atoms with Gasteiger partial charge in [0.05, 0.1) is 11.4 Å². The van der Waals surface area contributed by atoms with Crippen molar-refractivity contribution < 1.29 is 18.0 Å². The molecule has 0 fully saturated rings. The second-order valence-electron chi connectivity index (χ2n) is 3.74. The average Bonchev–Trinajstić information content (AvgIpc) is 2.35.